The fraction of sp³-hybridized carbons (Fsp3) is 0.0833. The molecular formula is C12H9IN2O2S. The Hall–Kier alpha value is -1.28. The summed E-state index contributed by atoms with van der Waals surface area (Å²) in [6.45, 7) is 1.44. The molecule has 0 aliphatic rings. The van der Waals surface area contributed by atoms with Crippen molar-refractivity contribution in [1.82, 2.24) is 4.98 Å². The Morgan fingerprint density at radius 3 is 2.50 bits per heavy atom. The molecule has 1 aromatic heterocycles. The normalized spacial score (nSPS) is 10.1. The molecule has 18 heavy (non-hydrogen) atoms. The maximum absolute atomic E-state index is 11.9. The maximum Gasteiger partial charge on any atom is 0.257 e. The lowest BCUT2D eigenvalue weighted by atomic mass is 10.2. The topological polar surface area (TPSA) is 59.1 Å². The van der Waals surface area contributed by atoms with Crippen LogP contribution in [0.25, 0.3) is 0 Å². The van der Waals surface area contributed by atoms with Gasteiger partial charge in [0.05, 0.1) is 0 Å². The number of hydrogen-bond donors (Lipinski definition) is 1. The van der Waals surface area contributed by atoms with E-state index in [0.717, 1.165) is 3.57 Å². The first-order chi connectivity index (χ1) is 8.56. The van der Waals surface area contributed by atoms with E-state index in [1.54, 1.807) is 17.5 Å². The summed E-state index contributed by atoms with van der Waals surface area (Å²) in [5.74, 6) is -0.336. The number of nitrogens with one attached hydrogen (secondary N) is 1. The minimum atomic E-state index is -0.226. The number of carbonyl (C=O) groups excluding carboxylic acids is 2. The van der Waals surface area contributed by atoms with Gasteiger partial charge in [-0.3, -0.25) is 14.9 Å². The maximum atomic E-state index is 11.9. The Morgan fingerprint density at radius 1 is 1.28 bits per heavy atom. The Bertz CT molecular complexity index is 592. The van der Waals surface area contributed by atoms with Crippen LogP contribution in [0.2, 0.25) is 0 Å². The lowest BCUT2D eigenvalue weighted by Crippen LogP contribution is -2.11. The van der Waals surface area contributed by atoms with Crippen LogP contribution in [0.15, 0.2) is 29.6 Å². The van der Waals surface area contributed by atoms with Crippen molar-refractivity contribution < 1.29 is 9.59 Å². The van der Waals surface area contributed by atoms with Gasteiger partial charge >= 0.3 is 0 Å². The van der Waals surface area contributed by atoms with Crippen LogP contribution in [0.3, 0.4) is 0 Å². The van der Waals surface area contributed by atoms with Gasteiger partial charge in [-0.15, -0.1) is 11.3 Å². The van der Waals surface area contributed by atoms with E-state index in [0.29, 0.717) is 16.4 Å². The number of halogens is 1. The van der Waals surface area contributed by atoms with Crippen LogP contribution in [-0.4, -0.2) is 16.7 Å². The quantitative estimate of drug-likeness (QED) is 0.665. The van der Waals surface area contributed by atoms with Crippen LogP contribution in [-0.2, 0) is 0 Å². The molecule has 0 aliphatic heterocycles. The van der Waals surface area contributed by atoms with E-state index in [1.165, 1.54) is 18.3 Å². The van der Waals surface area contributed by atoms with Gasteiger partial charge in [-0.25, -0.2) is 4.98 Å². The molecule has 0 saturated heterocycles. The highest BCUT2D eigenvalue weighted by Gasteiger charge is 2.10. The first-order valence-electron chi connectivity index (χ1n) is 5.09. The first kappa shape index (κ1) is 13.2. The third-order valence-electron chi connectivity index (χ3n) is 2.19. The number of amides is 1. The van der Waals surface area contributed by atoms with Crippen LogP contribution >= 0.6 is 33.9 Å². The third kappa shape index (κ3) is 3.14. The molecule has 1 heterocycles. The van der Waals surface area contributed by atoms with Gasteiger partial charge in [0.15, 0.2) is 10.9 Å². The van der Waals surface area contributed by atoms with Gasteiger partial charge in [0.25, 0.3) is 5.91 Å². The highest BCUT2D eigenvalue weighted by atomic mass is 127. The summed E-state index contributed by atoms with van der Waals surface area (Å²) < 4.78 is 1.07. The number of thiazole rings is 1. The molecule has 2 aromatic rings. The molecular weight excluding hydrogens is 363 g/mol. The molecule has 0 bridgehead atoms. The number of nitrogens with zero attached hydrogens (tertiary/aromatic N) is 1. The summed E-state index contributed by atoms with van der Waals surface area (Å²) in [4.78, 5) is 27.0. The number of rotatable bonds is 3. The molecule has 6 heteroatoms. The molecule has 1 aromatic carbocycles. The standard InChI is InChI=1S/C12H9IN2O2S/c1-7(16)10-6-18-12(14-10)15-11(17)8-2-4-9(13)5-3-8/h2-6H,1H3,(H,14,15,17). The summed E-state index contributed by atoms with van der Waals surface area (Å²) >= 11 is 3.41. The van der Waals surface area contributed by atoms with Crippen molar-refractivity contribution in [2.75, 3.05) is 5.32 Å². The third-order valence-corrected chi connectivity index (χ3v) is 3.67. The number of aromatic nitrogens is 1. The largest absolute Gasteiger partial charge is 0.298 e. The van der Waals surface area contributed by atoms with E-state index in [2.05, 4.69) is 32.9 Å². The van der Waals surface area contributed by atoms with Crippen LogP contribution in [0.4, 0.5) is 5.13 Å². The molecule has 4 nitrogen and oxygen atoms in total. The van der Waals surface area contributed by atoms with Crippen molar-refractivity contribution in [3.63, 3.8) is 0 Å². The number of ketones is 1. The average molecular weight is 372 g/mol. The van der Waals surface area contributed by atoms with Gasteiger partial charge in [-0.2, -0.15) is 0 Å². The van der Waals surface area contributed by atoms with Gasteiger partial charge < -0.3 is 0 Å². The minimum Gasteiger partial charge on any atom is -0.298 e. The summed E-state index contributed by atoms with van der Waals surface area (Å²) in [6.07, 6.45) is 0. The van der Waals surface area contributed by atoms with E-state index in [4.69, 9.17) is 0 Å². The zero-order valence-corrected chi connectivity index (χ0v) is 12.4. The molecule has 0 fully saturated rings. The Balaban J connectivity index is 2.11. The lowest BCUT2D eigenvalue weighted by molar-refractivity contribution is 0.100. The second-order valence-electron chi connectivity index (χ2n) is 3.56. The summed E-state index contributed by atoms with van der Waals surface area (Å²) in [6, 6.07) is 7.21. The molecule has 2 rings (SSSR count). The smallest absolute Gasteiger partial charge is 0.257 e. The predicted molar refractivity (Wildman–Crippen MR) is 79.2 cm³/mol. The van der Waals surface area contributed by atoms with Gasteiger partial charge in [-0.1, -0.05) is 0 Å². The predicted octanol–water partition coefficient (Wildman–Crippen LogP) is 3.20. The van der Waals surface area contributed by atoms with Gasteiger partial charge in [0.2, 0.25) is 0 Å². The molecule has 0 saturated carbocycles. The zero-order chi connectivity index (χ0) is 13.1. The summed E-state index contributed by atoms with van der Waals surface area (Å²) in [5.41, 5.74) is 0.938. The van der Waals surface area contributed by atoms with Crippen molar-refractivity contribution in [3.8, 4) is 0 Å². The molecule has 0 radical (unpaired) electrons. The van der Waals surface area contributed by atoms with E-state index < -0.39 is 0 Å². The van der Waals surface area contributed by atoms with Crippen LogP contribution in [0.1, 0.15) is 27.8 Å². The van der Waals surface area contributed by atoms with Crippen molar-refractivity contribution in [2.45, 2.75) is 6.92 Å². The van der Waals surface area contributed by atoms with E-state index in [9.17, 15) is 9.59 Å². The molecule has 1 amide bonds. The summed E-state index contributed by atoms with van der Waals surface area (Å²) in [5, 5.41) is 4.73. The Labute approximate surface area is 122 Å². The molecule has 92 valence electrons. The second-order valence-corrected chi connectivity index (χ2v) is 5.66. The number of carbonyl (C=O) groups is 2. The highest BCUT2D eigenvalue weighted by molar-refractivity contribution is 14.1. The zero-order valence-electron chi connectivity index (χ0n) is 9.44. The van der Waals surface area contributed by atoms with Crippen LogP contribution in [0, 0.1) is 3.57 Å². The second kappa shape index (κ2) is 5.57. The Morgan fingerprint density at radius 2 is 1.94 bits per heavy atom. The average Bonchev–Trinajstić information content (AvgIpc) is 2.78. The van der Waals surface area contributed by atoms with E-state index >= 15 is 0 Å². The van der Waals surface area contributed by atoms with Crippen LogP contribution in [0.5, 0.6) is 0 Å². The van der Waals surface area contributed by atoms with Gasteiger partial charge in [0.1, 0.15) is 5.69 Å². The van der Waals surface area contributed by atoms with Gasteiger partial charge in [0, 0.05) is 21.4 Å². The fourth-order valence-corrected chi connectivity index (χ4v) is 2.37. The molecule has 0 spiro atoms. The van der Waals surface area contributed by atoms with E-state index in [1.807, 2.05) is 12.1 Å². The number of hydrogen-bond acceptors (Lipinski definition) is 4. The van der Waals surface area contributed by atoms with Crippen molar-refractivity contribution in [3.05, 3.63) is 44.5 Å². The van der Waals surface area contributed by atoms with E-state index in [-0.39, 0.29) is 11.7 Å². The Kier molecular flexibility index (Phi) is 4.07. The van der Waals surface area contributed by atoms with Crippen molar-refractivity contribution >= 4 is 50.7 Å². The SMILES string of the molecule is CC(=O)c1csc(NC(=O)c2ccc(I)cc2)n1. The van der Waals surface area contributed by atoms with Gasteiger partial charge in [-0.05, 0) is 46.9 Å². The molecule has 0 atom stereocenters. The summed E-state index contributed by atoms with van der Waals surface area (Å²) in [7, 11) is 0. The highest BCUT2D eigenvalue weighted by Crippen LogP contribution is 2.17. The fourth-order valence-electron chi connectivity index (χ4n) is 1.26. The van der Waals surface area contributed by atoms with Crippen molar-refractivity contribution in [1.29, 1.82) is 0 Å². The molecule has 0 unspecified atom stereocenters. The van der Waals surface area contributed by atoms with Crippen molar-refractivity contribution in [2.24, 2.45) is 0 Å². The first-order valence-corrected chi connectivity index (χ1v) is 7.05. The number of Topliss-reactive ketones (excluding diaryl/α,β-unsaturated/α-hetero) is 1. The number of anilines is 1. The lowest BCUT2D eigenvalue weighted by Gasteiger charge is -2.01. The number of benzene rings is 1. The van der Waals surface area contributed by atoms with Crippen LogP contribution < -0.4 is 5.32 Å². The molecule has 1 N–H and O–H groups in total. The molecule has 0 aliphatic carbocycles. The monoisotopic (exact) mass is 372 g/mol. The minimum absolute atomic E-state index is 0.110.